The van der Waals surface area contributed by atoms with Crippen LogP contribution in [0.5, 0.6) is 0 Å². The maximum atomic E-state index is 12.0. The molecule has 21 heavy (non-hydrogen) atoms. The third-order valence-electron chi connectivity index (χ3n) is 2.61. The standard InChI is InChI=1S/C14H9ClN4OS/c15-9-4-6-17-11(7-9)13(20)19-14-18-12(8-21-14)10-3-1-2-5-16-10/h1-8H,(H,18,19,20). The minimum atomic E-state index is -0.348. The van der Waals surface area contributed by atoms with Gasteiger partial charge in [0.05, 0.1) is 5.69 Å². The van der Waals surface area contributed by atoms with E-state index in [0.29, 0.717) is 10.2 Å². The molecule has 0 saturated heterocycles. The number of pyridine rings is 2. The van der Waals surface area contributed by atoms with Crippen LogP contribution in [0.4, 0.5) is 5.13 Å². The maximum Gasteiger partial charge on any atom is 0.276 e. The number of hydrogen-bond acceptors (Lipinski definition) is 5. The zero-order valence-electron chi connectivity index (χ0n) is 10.7. The summed E-state index contributed by atoms with van der Waals surface area (Å²) in [6, 6.07) is 8.70. The van der Waals surface area contributed by atoms with E-state index in [9.17, 15) is 4.79 Å². The Morgan fingerprint density at radius 3 is 2.81 bits per heavy atom. The lowest BCUT2D eigenvalue weighted by Crippen LogP contribution is -2.13. The van der Waals surface area contributed by atoms with E-state index in [1.54, 1.807) is 12.3 Å². The number of carbonyl (C=O) groups excluding carboxylic acids is 1. The largest absolute Gasteiger partial charge is 0.296 e. The van der Waals surface area contributed by atoms with Gasteiger partial charge in [-0.05, 0) is 24.3 Å². The molecule has 1 amide bonds. The fraction of sp³-hybridized carbons (Fsp3) is 0. The summed E-state index contributed by atoms with van der Waals surface area (Å²) in [6.45, 7) is 0. The Morgan fingerprint density at radius 1 is 1.14 bits per heavy atom. The molecule has 0 bridgehead atoms. The van der Waals surface area contributed by atoms with Crippen molar-refractivity contribution < 1.29 is 4.79 Å². The second kappa shape index (κ2) is 5.99. The quantitative estimate of drug-likeness (QED) is 0.803. The first kappa shape index (κ1) is 13.7. The summed E-state index contributed by atoms with van der Waals surface area (Å²) >= 11 is 7.16. The lowest BCUT2D eigenvalue weighted by molar-refractivity contribution is 0.102. The van der Waals surface area contributed by atoms with Crippen LogP contribution in [0.15, 0.2) is 48.1 Å². The average molecular weight is 317 g/mol. The Hall–Kier alpha value is -2.31. The van der Waals surface area contributed by atoms with Gasteiger partial charge in [0.25, 0.3) is 5.91 Å². The molecule has 0 unspecified atom stereocenters. The van der Waals surface area contributed by atoms with E-state index in [0.717, 1.165) is 11.4 Å². The zero-order valence-corrected chi connectivity index (χ0v) is 12.2. The predicted molar refractivity (Wildman–Crippen MR) is 82.5 cm³/mol. The first-order valence-electron chi connectivity index (χ1n) is 6.02. The Morgan fingerprint density at radius 2 is 2.05 bits per heavy atom. The monoisotopic (exact) mass is 316 g/mol. The van der Waals surface area contributed by atoms with E-state index < -0.39 is 0 Å². The minimum Gasteiger partial charge on any atom is -0.296 e. The van der Waals surface area contributed by atoms with Gasteiger partial charge in [0, 0.05) is 22.8 Å². The number of anilines is 1. The molecule has 5 nitrogen and oxygen atoms in total. The van der Waals surface area contributed by atoms with E-state index in [2.05, 4.69) is 20.3 Å². The summed E-state index contributed by atoms with van der Waals surface area (Å²) in [5.41, 5.74) is 1.72. The number of halogens is 1. The lowest BCUT2D eigenvalue weighted by atomic mass is 10.3. The molecule has 0 aliphatic heterocycles. The van der Waals surface area contributed by atoms with Gasteiger partial charge >= 0.3 is 0 Å². The average Bonchev–Trinajstić information content (AvgIpc) is 2.97. The van der Waals surface area contributed by atoms with Gasteiger partial charge < -0.3 is 0 Å². The van der Waals surface area contributed by atoms with Crippen molar-refractivity contribution >= 4 is 34.0 Å². The normalized spacial score (nSPS) is 10.3. The molecule has 0 fully saturated rings. The van der Waals surface area contributed by atoms with Crippen LogP contribution in [-0.2, 0) is 0 Å². The number of rotatable bonds is 3. The molecule has 3 aromatic rings. The number of aromatic nitrogens is 3. The van der Waals surface area contributed by atoms with Crippen LogP contribution >= 0.6 is 22.9 Å². The molecular weight excluding hydrogens is 308 g/mol. The third kappa shape index (κ3) is 3.24. The van der Waals surface area contributed by atoms with Gasteiger partial charge in [-0.25, -0.2) is 4.98 Å². The van der Waals surface area contributed by atoms with E-state index >= 15 is 0 Å². The summed E-state index contributed by atoms with van der Waals surface area (Å²) < 4.78 is 0. The van der Waals surface area contributed by atoms with Gasteiger partial charge in [-0.15, -0.1) is 11.3 Å². The van der Waals surface area contributed by atoms with Gasteiger partial charge in [0.2, 0.25) is 0 Å². The molecule has 0 atom stereocenters. The topological polar surface area (TPSA) is 67.8 Å². The molecule has 0 spiro atoms. The van der Waals surface area contributed by atoms with Crippen LogP contribution in [0.25, 0.3) is 11.4 Å². The van der Waals surface area contributed by atoms with Crippen molar-refractivity contribution in [2.75, 3.05) is 5.32 Å². The number of hydrogen-bond donors (Lipinski definition) is 1. The van der Waals surface area contributed by atoms with Crippen LogP contribution in [0.1, 0.15) is 10.5 Å². The first-order chi connectivity index (χ1) is 10.2. The van der Waals surface area contributed by atoms with Crippen molar-refractivity contribution in [2.24, 2.45) is 0 Å². The van der Waals surface area contributed by atoms with Crippen LogP contribution < -0.4 is 5.32 Å². The molecule has 0 saturated carbocycles. The number of nitrogens with one attached hydrogen (secondary N) is 1. The molecule has 0 aromatic carbocycles. The van der Waals surface area contributed by atoms with Crippen LogP contribution in [-0.4, -0.2) is 20.9 Å². The second-order valence-corrected chi connectivity index (χ2v) is 5.36. The van der Waals surface area contributed by atoms with Crippen molar-refractivity contribution in [3.63, 3.8) is 0 Å². The van der Waals surface area contributed by atoms with Gasteiger partial charge in [0.15, 0.2) is 5.13 Å². The van der Waals surface area contributed by atoms with Crippen molar-refractivity contribution in [1.82, 2.24) is 15.0 Å². The van der Waals surface area contributed by atoms with Crippen molar-refractivity contribution in [3.05, 3.63) is 58.8 Å². The van der Waals surface area contributed by atoms with E-state index in [4.69, 9.17) is 11.6 Å². The zero-order chi connectivity index (χ0) is 14.7. The van der Waals surface area contributed by atoms with Gasteiger partial charge in [-0.2, -0.15) is 0 Å². The Balaban J connectivity index is 1.77. The maximum absolute atomic E-state index is 12.0. The number of thiazole rings is 1. The molecule has 3 heterocycles. The van der Waals surface area contributed by atoms with Gasteiger partial charge in [0.1, 0.15) is 11.4 Å². The molecule has 0 aliphatic rings. The van der Waals surface area contributed by atoms with Crippen LogP contribution in [0, 0.1) is 0 Å². The number of amides is 1. The fourth-order valence-corrected chi connectivity index (χ4v) is 2.51. The van der Waals surface area contributed by atoms with E-state index in [-0.39, 0.29) is 11.6 Å². The minimum absolute atomic E-state index is 0.247. The highest BCUT2D eigenvalue weighted by atomic mass is 35.5. The Kier molecular flexibility index (Phi) is 3.89. The lowest BCUT2D eigenvalue weighted by Gasteiger charge is -2.00. The van der Waals surface area contributed by atoms with E-state index in [1.165, 1.54) is 23.6 Å². The van der Waals surface area contributed by atoms with Crippen molar-refractivity contribution in [3.8, 4) is 11.4 Å². The molecule has 0 radical (unpaired) electrons. The van der Waals surface area contributed by atoms with Crippen molar-refractivity contribution in [2.45, 2.75) is 0 Å². The number of carbonyl (C=O) groups is 1. The van der Waals surface area contributed by atoms with Crippen LogP contribution in [0.2, 0.25) is 5.02 Å². The summed E-state index contributed by atoms with van der Waals surface area (Å²) in [7, 11) is 0. The highest BCUT2D eigenvalue weighted by Crippen LogP contribution is 2.23. The SMILES string of the molecule is O=C(Nc1nc(-c2ccccn2)cs1)c1cc(Cl)ccn1. The fourth-order valence-electron chi connectivity index (χ4n) is 1.65. The first-order valence-corrected chi connectivity index (χ1v) is 7.28. The summed E-state index contributed by atoms with van der Waals surface area (Å²) in [5, 5.41) is 5.48. The number of nitrogens with zero attached hydrogens (tertiary/aromatic N) is 3. The molecule has 7 heteroatoms. The summed E-state index contributed by atoms with van der Waals surface area (Å²) in [5.74, 6) is -0.348. The third-order valence-corrected chi connectivity index (χ3v) is 3.60. The highest BCUT2D eigenvalue weighted by molar-refractivity contribution is 7.14. The predicted octanol–water partition coefficient (Wildman–Crippen LogP) is 3.51. The molecule has 3 rings (SSSR count). The smallest absolute Gasteiger partial charge is 0.276 e. The molecule has 1 N–H and O–H groups in total. The molecule has 3 aromatic heterocycles. The molecular formula is C14H9ClN4OS. The summed E-state index contributed by atoms with van der Waals surface area (Å²) in [4.78, 5) is 24.5. The van der Waals surface area contributed by atoms with Crippen molar-refractivity contribution in [1.29, 1.82) is 0 Å². The van der Waals surface area contributed by atoms with Gasteiger partial charge in [-0.3, -0.25) is 20.1 Å². The van der Waals surface area contributed by atoms with Gasteiger partial charge in [-0.1, -0.05) is 17.7 Å². The van der Waals surface area contributed by atoms with E-state index in [1.807, 2.05) is 23.6 Å². The Labute approximate surface area is 129 Å². The molecule has 0 aliphatic carbocycles. The van der Waals surface area contributed by atoms with Crippen LogP contribution in [0.3, 0.4) is 0 Å². The highest BCUT2D eigenvalue weighted by Gasteiger charge is 2.11. The Bertz CT molecular complexity index is 775. The summed E-state index contributed by atoms with van der Waals surface area (Å²) in [6.07, 6.45) is 3.18. The molecule has 104 valence electrons. The second-order valence-electron chi connectivity index (χ2n) is 4.07.